The average Bonchev–Trinajstić information content (AvgIpc) is 3.11. The highest BCUT2D eigenvalue weighted by molar-refractivity contribution is 5.70. The molecule has 1 amide bonds. The van der Waals surface area contributed by atoms with E-state index in [-0.39, 0.29) is 24.3 Å². The van der Waals surface area contributed by atoms with Gasteiger partial charge < -0.3 is 14.7 Å². The van der Waals surface area contributed by atoms with Crippen LogP contribution in [0.4, 0.5) is 4.79 Å². The van der Waals surface area contributed by atoms with Gasteiger partial charge in [-0.3, -0.25) is 4.90 Å². The van der Waals surface area contributed by atoms with Crippen molar-refractivity contribution in [2.75, 3.05) is 26.2 Å². The Kier molecular flexibility index (Phi) is 5.58. The van der Waals surface area contributed by atoms with Gasteiger partial charge in [-0.2, -0.15) is 0 Å². The Bertz CT molecular complexity index is 613. The summed E-state index contributed by atoms with van der Waals surface area (Å²) in [6.45, 7) is 9.42. The summed E-state index contributed by atoms with van der Waals surface area (Å²) in [5.74, 6) is 0. The molecule has 0 unspecified atom stereocenters. The first kappa shape index (κ1) is 19.2. The number of hydrogen-bond acceptors (Lipinski definition) is 4. The molecule has 0 radical (unpaired) electrons. The zero-order valence-electron chi connectivity index (χ0n) is 16.3. The Labute approximate surface area is 156 Å². The molecule has 5 nitrogen and oxygen atoms in total. The molecule has 2 heterocycles. The molecule has 0 saturated carbocycles. The van der Waals surface area contributed by atoms with Crippen LogP contribution in [0.2, 0.25) is 0 Å². The molecule has 1 aromatic rings. The zero-order valence-corrected chi connectivity index (χ0v) is 16.3. The molecule has 144 valence electrons. The maximum Gasteiger partial charge on any atom is 0.410 e. The summed E-state index contributed by atoms with van der Waals surface area (Å²) in [5, 5.41) is 9.30. The van der Waals surface area contributed by atoms with E-state index in [1.165, 1.54) is 0 Å². The van der Waals surface area contributed by atoms with E-state index in [2.05, 4.69) is 25.7 Å². The number of benzene rings is 1. The van der Waals surface area contributed by atoms with Crippen LogP contribution in [0.25, 0.3) is 0 Å². The van der Waals surface area contributed by atoms with E-state index in [4.69, 9.17) is 4.74 Å². The zero-order chi connectivity index (χ0) is 18.8. The maximum absolute atomic E-state index is 12.9. The minimum atomic E-state index is -0.611. The second-order valence-corrected chi connectivity index (χ2v) is 8.56. The van der Waals surface area contributed by atoms with Crippen LogP contribution in [0.1, 0.15) is 52.0 Å². The van der Waals surface area contributed by atoms with Crippen molar-refractivity contribution >= 4 is 6.09 Å². The monoisotopic (exact) mass is 360 g/mol. The lowest BCUT2D eigenvalue weighted by molar-refractivity contribution is -0.0685. The number of carbonyl (C=O) groups is 1. The number of cyclic esters (lactones) is 1. The molecule has 1 aromatic carbocycles. The molecular weight excluding hydrogens is 328 g/mol. The Hall–Kier alpha value is -1.59. The summed E-state index contributed by atoms with van der Waals surface area (Å²) >= 11 is 0. The number of nitrogens with zero attached hydrogens (tertiary/aromatic N) is 2. The van der Waals surface area contributed by atoms with Crippen molar-refractivity contribution in [2.24, 2.45) is 0 Å². The van der Waals surface area contributed by atoms with Gasteiger partial charge in [0, 0.05) is 44.2 Å². The van der Waals surface area contributed by atoms with Crippen LogP contribution < -0.4 is 0 Å². The smallest absolute Gasteiger partial charge is 0.410 e. The first-order valence-electron chi connectivity index (χ1n) is 9.77. The Morgan fingerprint density at radius 3 is 2.54 bits per heavy atom. The van der Waals surface area contributed by atoms with Gasteiger partial charge in [0.1, 0.15) is 5.60 Å². The van der Waals surface area contributed by atoms with Gasteiger partial charge in [-0.25, -0.2) is 4.79 Å². The fourth-order valence-corrected chi connectivity index (χ4v) is 4.24. The molecule has 1 N–H and O–H groups in total. The predicted molar refractivity (Wildman–Crippen MR) is 102 cm³/mol. The SMILES string of the molecule is CC(C)(C)N1CC[C@H](N2CC[C@](CCCO)(c3ccccc3)OC2=O)C1. The summed E-state index contributed by atoms with van der Waals surface area (Å²) in [6.07, 6.45) is 2.85. The van der Waals surface area contributed by atoms with Gasteiger partial charge in [0.15, 0.2) is 0 Å². The van der Waals surface area contributed by atoms with E-state index in [1.54, 1.807) is 0 Å². The van der Waals surface area contributed by atoms with Gasteiger partial charge in [0.2, 0.25) is 0 Å². The van der Waals surface area contributed by atoms with Gasteiger partial charge >= 0.3 is 6.09 Å². The van der Waals surface area contributed by atoms with Crippen LogP contribution in [-0.2, 0) is 10.3 Å². The van der Waals surface area contributed by atoms with Gasteiger partial charge in [-0.1, -0.05) is 30.3 Å². The lowest BCUT2D eigenvalue weighted by Crippen LogP contribution is -2.53. The number of aliphatic hydroxyl groups excluding tert-OH is 1. The second-order valence-electron chi connectivity index (χ2n) is 8.56. The number of aliphatic hydroxyl groups is 1. The molecule has 0 aliphatic carbocycles. The van der Waals surface area contributed by atoms with Crippen LogP contribution in [0.3, 0.4) is 0 Å². The molecule has 5 heteroatoms. The Morgan fingerprint density at radius 2 is 1.96 bits per heavy atom. The lowest BCUT2D eigenvalue weighted by atomic mass is 9.84. The van der Waals surface area contributed by atoms with Crippen molar-refractivity contribution in [3.05, 3.63) is 35.9 Å². The van der Waals surface area contributed by atoms with E-state index < -0.39 is 5.60 Å². The molecule has 0 bridgehead atoms. The summed E-state index contributed by atoms with van der Waals surface area (Å²) in [6, 6.07) is 10.2. The number of ether oxygens (including phenoxy) is 1. The number of amides is 1. The van der Waals surface area contributed by atoms with Crippen molar-refractivity contribution in [3.8, 4) is 0 Å². The second kappa shape index (κ2) is 7.57. The fourth-order valence-electron chi connectivity index (χ4n) is 4.24. The highest BCUT2D eigenvalue weighted by Gasteiger charge is 2.45. The molecule has 2 atom stereocenters. The van der Waals surface area contributed by atoms with E-state index in [0.29, 0.717) is 19.4 Å². The standard InChI is InChI=1S/C21H32N2O3/c1-20(2,3)22-13-10-18(16-22)23-14-12-21(11-7-15-24,26-19(23)25)17-8-5-4-6-9-17/h4-6,8-9,18,24H,7,10-16H2,1-3H3/t18-,21+/m0/s1. The van der Waals surface area contributed by atoms with E-state index in [1.807, 2.05) is 35.2 Å². The minimum absolute atomic E-state index is 0.110. The average molecular weight is 360 g/mol. The number of likely N-dealkylation sites (tertiary alicyclic amines) is 1. The molecule has 2 saturated heterocycles. The van der Waals surface area contributed by atoms with Crippen LogP contribution in [0.15, 0.2) is 30.3 Å². The molecule has 0 aromatic heterocycles. The van der Waals surface area contributed by atoms with Crippen LogP contribution in [-0.4, -0.2) is 58.8 Å². The van der Waals surface area contributed by atoms with Crippen molar-refractivity contribution < 1.29 is 14.6 Å². The highest BCUT2D eigenvalue weighted by atomic mass is 16.6. The van der Waals surface area contributed by atoms with E-state index in [0.717, 1.165) is 31.5 Å². The van der Waals surface area contributed by atoms with Crippen LogP contribution in [0.5, 0.6) is 0 Å². The quantitative estimate of drug-likeness (QED) is 0.875. The fraction of sp³-hybridized carbons (Fsp3) is 0.667. The normalized spacial score (nSPS) is 27.6. The molecule has 2 fully saturated rings. The lowest BCUT2D eigenvalue weighted by Gasteiger charge is -2.44. The third-order valence-corrected chi connectivity index (χ3v) is 5.87. The van der Waals surface area contributed by atoms with Crippen LogP contribution in [0, 0.1) is 0 Å². The third kappa shape index (κ3) is 3.89. The van der Waals surface area contributed by atoms with Crippen LogP contribution >= 0.6 is 0 Å². The summed E-state index contributed by atoms with van der Waals surface area (Å²) in [5.41, 5.74) is 0.549. The van der Waals surface area contributed by atoms with Gasteiger partial charge in [-0.15, -0.1) is 0 Å². The molecule has 26 heavy (non-hydrogen) atoms. The maximum atomic E-state index is 12.9. The van der Waals surface area contributed by atoms with E-state index >= 15 is 0 Å². The Balaban J connectivity index is 1.73. The molecule has 2 aliphatic heterocycles. The molecule has 3 rings (SSSR count). The van der Waals surface area contributed by atoms with Crippen molar-refractivity contribution in [3.63, 3.8) is 0 Å². The summed E-state index contributed by atoms with van der Waals surface area (Å²) in [7, 11) is 0. The number of hydrogen-bond donors (Lipinski definition) is 1. The Morgan fingerprint density at radius 1 is 1.23 bits per heavy atom. The first-order valence-corrected chi connectivity index (χ1v) is 9.77. The van der Waals surface area contributed by atoms with Crippen molar-refractivity contribution in [1.82, 2.24) is 9.80 Å². The molecule has 2 aliphatic rings. The predicted octanol–water partition coefficient (Wildman–Crippen LogP) is 3.37. The number of carbonyl (C=O) groups excluding carboxylic acids is 1. The topological polar surface area (TPSA) is 53.0 Å². The van der Waals surface area contributed by atoms with Gasteiger partial charge in [0.05, 0.1) is 0 Å². The van der Waals surface area contributed by atoms with Crippen molar-refractivity contribution in [2.45, 2.75) is 63.6 Å². The molecular formula is C21H32N2O3. The summed E-state index contributed by atoms with van der Waals surface area (Å²) < 4.78 is 6.07. The highest BCUT2D eigenvalue weighted by Crippen LogP contribution is 2.39. The van der Waals surface area contributed by atoms with Gasteiger partial charge in [0.25, 0.3) is 0 Å². The third-order valence-electron chi connectivity index (χ3n) is 5.87. The number of rotatable bonds is 5. The minimum Gasteiger partial charge on any atom is -0.438 e. The molecule has 0 spiro atoms. The van der Waals surface area contributed by atoms with E-state index in [9.17, 15) is 9.90 Å². The first-order chi connectivity index (χ1) is 12.4. The van der Waals surface area contributed by atoms with Gasteiger partial charge in [-0.05, 0) is 45.6 Å². The summed E-state index contributed by atoms with van der Waals surface area (Å²) in [4.78, 5) is 17.3. The van der Waals surface area contributed by atoms with Crippen molar-refractivity contribution in [1.29, 1.82) is 0 Å². The largest absolute Gasteiger partial charge is 0.438 e.